The van der Waals surface area contributed by atoms with Crippen LogP contribution in [0.4, 0.5) is 10.2 Å². The van der Waals surface area contributed by atoms with Gasteiger partial charge in [0.25, 0.3) is 0 Å². The molecule has 1 aromatic heterocycles. The molecule has 0 unspecified atom stereocenters. The predicted octanol–water partition coefficient (Wildman–Crippen LogP) is 3.37. The van der Waals surface area contributed by atoms with Crippen molar-refractivity contribution >= 4 is 32.7 Å². The Morgan fingerprint density at radius 1 is 1.41 bits per heavy atom. The smallest absolute Gasteiger partial charge is 0.143 e. The highest BCUT2D eigenvalue weighted by Crippen LogP contribution is 2.27. The number of halogens is 2. The van der Waals surface area contributed by atoms with E-state index in [1.165, 1.54) is 12.1 Å². The standard InChI is InChI=1S/C12H13BrFN3/c1-2-3-7-4-8-5-9(14)6-10(13)11(8)16-12(7)17-15/h4-6H,2-3,15H2,1H3,(H,16,17). The van der Waals surface area contributed by atoms with Gasteiger partial charge in [-0.25, -0.2) is 15.2 Å². The molecule has 0 amide bonds. The molecule has 0 bridgehead atoms. The van der Waals surface area contributed by atoms with Crippen LogP contribution >= 0.6 is 15.9 Å². The van der Waals surface area contributed by atoms with E-state index in [1.807, 2.05) is 6.07 Å². The van der Waals surface area contributed by atoms with E-state index in [0.717, 1.165) is 23.8 Å². The molecule has 3 N–H and O–H groups in total. The maximum absolute atomic E-state index is 13.3. The summed E-state index contributed by atoms with van der Waals surface area (Å²) in [5, 5.41) is 0.777. The van der Waals surface area contributed by atoms with Crippen LogP contribution in [0.15, 0.2) is 22.7 Å². The lowest BCUT2D eigenvalue weighted by molar-refractivity contribution is 0.629. The number of benzene rings is 1. The molecule has 1 heterocycles. The number of anilines is 1. The lowest BCUT2D eigenvalue weighted by atomic mass is 10.1. The van der Waals surface area contributed by atoms with E-state index in [4.69, 9.17) is 5.84 Å². The Morgan fingerprint density at radius 3 is 2.82 bits per heavy atom. The highest BCUT2D eigenvalue weighted by atomic mass is 79.9. The van der Waals surface area contributed by atoms with Gasteiger partial charge in [0, 0.05) is 9.86 Å². The molecule has 0 saturated carbocycles. The van der Waals surface area contributed by atoms with E-state index in [0.29, 0.717) is 15.8 Å². The number of pyridine rings is 1. The molecule has 2 rings (SSSR count). The minimum absolute atomic E-state index is 0.276. The number of rotatable bonds is 3. The topological polar surface area (TPSA) is 50.9 Å². The van der Waals surface area contributed by atoms with Crippen LogP contribution in [0.3, 0.4) is 0 Å². The summed E-state index contributed by atoms with van der Waals surface area (Å²) in [6.07, 6.45) is 1.84. The number of nitrogens with zero attached hydrogens (tertiary/aromatic N) is 1. The van der Waals surface area contributed by atoms with Gasteiger partial charge in [-0.1, -0.05) is 13.3 Å². The van der Waals surface area contributed by atoms with Gasteiger partial charge in [0.15, 0.2) is 0 Å². The van der Waals surface area contributed by atoms with Crippen LogP contribution in [0.1, 0.15) is 18.9 Å². The Labute approximate surface area is 107 Å². The highest BCUT2D eigenvalue weighted by Gasteiger charge is 2.09. The van der Waals surface area contributed by atoms with Crippen molar-refractivity contribution in [1.29, 1.82) is 0 Å². The summed E-state index contributed by atoms with van der Waals surface area (Å²) in [5.74, 6) is 5.82. The van der Waals surface area contributed by atoms with Gasteiger partial charge in [-0.15, -0.1) is 0 Å². The van der Waals surface area contributed by atoms with E-state index in [1.54, 1.807) is 0 Å². The van der Waals surface area contributed by atoms with Crippen molar-refractivity contribution in [2.24, 2.45) is 5.84 Å². The first-order valence-electron chi connectivity index (χ1n) is 5.41. The zero-order chi connectivity index (χ0) is 12.4. The fraction of sp³-hybridized carbons (Fsp3) is 0.250. The lowest BCUT2D eigenvalue weighted by Gasteiger charge is -2.10. The van der Waals surface area contributed by atoms with Gasteiger partial charge in [0.1, 0.15) is 11.6 Å². The van der Waals surface area contributed by atoms with Gasteiger partial charge in [-0.05, 0) is 46.1 Å². The van der Waals surface area contributed by atoms with Crippen LogP contribution in [-0.2, 0) is 6.42 Å². The molecule has 90 valence electrons. The van der Waals surface area contributed by atoms with Crippen molar-refractivity contribution in [3.05, 3.63) is 34.1 Å². The average Bonchev–Trinajstić information content (AvgIpc) is 2.28. The SMILES string of the molecule is CCCc1cc2cc(F)cc(Br)c2nc1NN. The molecule has 0 fully saturated rings. The molecule has 0 atom stereocenters. The molecule has 17 heavy (non-hydrogen) atoms. The second-order valence-electron chi connectivity index (χ2n) is 3.85. The first-order chi connectivity index (χ1) is 8.15. The molecule has 2 aromatic rings. The number of nitrogen functional groups attached to an aromatic ring is 1. The van der Waals surface area contributed by atoms with E-state index in [2.05, 4.69) is 33.3 Å². The van der Waals surface area contributed by atoms with E-state index >= 15 is 0 Å². The van der Waals surface area contributed by atoms with Gasteiger partial charge in [0.05, 0.1) is 5.52 Å². The van der Waals surface area contributed by atoms with Gasteiger partial charge in [0.2, 0.25) is 0 Å². The van der Waals surface area contributed by atoms with Crippen LogP contribution in [0.25, 0.3) is 10.9 Å². The zero-order valence-electron chi connectivity index (χ0n) is 9.43. The third kappa shape index (κ3) is 2.40. The van der Waals surface area contributed by atoms with Gasteiger partial charge >= 0.3 is 0 Å². The Kier molecular flexibility index (Phi) is 3.59. The van der Waals surface area contributed by atoms with Crippen molar-refractivity contribution in [3.8, 4) is 0 Å². The van der Waals surface area contributed by atoms with Crippen molar-refractivity contribution in [2.75, 3.05) is 5.43 Å². The first kappa shape index (κ1) is 12.3. The number of fused-ring (bicyclic) bond motifs is 1. The molecule has 1 aromatic carbocycles. The maximum Gasteiger partial charge on any atom is 0.143 e. The Bertz CT molecular complexity index is 557. The fourth-order valence-corrected chi connectivity index (χ4v) is 2.37. The number of hydrogen-bond donors (Lipinski definition) is 2. The van der Waals surface area contributed by atoms with Crippen LogP contribution in [0.2, 0.25) is 0 Å². The Morgan fingerprint density at radius 2 is 2.18 bits per heavy atom. The van der Waals surface area contributed by atoms with Crippen LogP contribution < -0.4 is 11.3 Å². The minimum Gasteiger partial charge on any atom is -0.308 e. The van der Waals surface area contributed by atoms with Gasteiger partial charge in [-0.2, -0.15) is 0 Å². The average molecular weight is 298 g/mol. The van der Waals surface area contributed by atoms with Crippen LogP contribution in [-0.4, -0.2) is 4.98 Å². The summed E-state index contributed by atoms with van der Waals surface area (Å²) in [7, 11) is 0. The predicted molar refractivity (Wildman–Crippen MR) is 71.2 cm³/mol. The van der Waals surface area contributed by atoms with Crippen molar-refractivity contribution in [1.82, 2.24) is 4.98 Å². The fourth-order valence-electron chi connectivity index (χ4n) is 1.84. The largest absolute Gasteiger partial charge is 0.308 e. The van der Waals surface area contributed by atoms with Crippen molar-refractivity contribution in [3.63, 3.8) is 0 Å². The maximum atomic E-state index is 13.3. The van der Waals surface area contributed by atoms with E-state index in [9.17, 15) is 4.39 Å². The zero-order valence-corrected chi connectivity index (χ0v) is 11.0. The summed E-state index contributed by atoms with van der Waals surface area (Å²) in [6.45, 7) is 2.08. The first-order valence-corrected chi connectivity index (χ1v) is 6.20. The Hall–Kier alpha value is -1.20. The molecular formula is C12H13BrFN3. The van der Waals surface area contributed by atoms with Crippen LogP contribution in [0.5, 0.6) is 0 Å². The number of nitrogens with one attached hydrogen (secondary N) is 1. The summed E-state index contributed by atoms with van der Waals surface area (Å²) in [6, 6.07) is 4.80. The van der Waals surface area contributed by atoms with Crippen molar-refractivity contribution < 1.29 is 4.39 Å². The number of hydrazine groups is 1. The molecule has 0 saturated heterocycles. The Balaban J connectivity index is 2.69. The van der Waals surface area contributed by atoms with Crippen LogP contribution in [0, 0.1) is 5.82 Å². The van der Waals surface area contributed by atoms with Crippen molar-refractivity contribution in [2.45, 2.75) is 19.8 Å². The van der Waals surface area contributed by atoms with E-state index < -0.39 is 0 Å². The molecule has 0 aliphatic heterocycles. The molecule has 0 radical (unpaired) electrons. The minimum atomic E-state index is -0.276. The number of aryl methyl sites for hydroxylation is 1. The monoisotopic (exact) mass is 297 g/mol. The number of aromatic nitrogens is 1. The molecule has 5 heteroatoms. The number of hydrogen-bond acceptors (Lipinski definition) is 3. The van der Waals surface area contributed by atoms with Gasteiger partial charge in [-0.3, -0.25) is 0 Å². The molecule has 3 nitrogen and oxygen atoms in total. The molecule has 0 spiro atoms. The summed E-state index contributed by atoms with van der Waals surface area (Å²) in [4.78, 5) is 4.40. The molecule has 0 aliphatic carbocycles. The summed E-state index contributed by atoms with van der Waals surface area (Å²) in [5.41, 5.74) is 4.30. The third-order valence-corrected chi connectivity index (χ3v) is 3.18. The number of nitrogens with two attached hydrogens (primary N) is 1. The second-order valence-corrected chi connectivity index (χ2v) is 4.70. The summed E-state index contributed by atoms with van der Waals surface area (Å²) >= 11 is 3.30. The summed E-state index contributed by atoms with van der Waals surface area (Å²) < 4.78 is 13.9. The lowest BCUT2D eigenvalue weighted by Crippen LogP contribution is -2.11. The van der Waals surface area contributed by atoms with E-state index in [-0.39, 0.29) is 5.82 Å². The molecule has 0 aliphatic rings. The second kappa shape index (κ2) is 4.98. The third-order valence-electron chi connectivity index (χ3n) is 2.57. The highest BCUT2D eigenvalue weighted by molar-refractivity contribution is 9.10. The van der Waals surface area contributed by atoms with Gasteiger partial charge < -0.3 is 5.43 Å². The normalized spacial score (nSPS) is 10.8. The molecular weight excluding hydrogens is 285 g/mol. The quantitative estimate of drug-likeness (QED) is 0.674.